The van der Waals surface area contributed by atoms with Gasteiger partial charge in [0.2, 0.25) is 5.91 Å². The quantitative estimate of drug-likeness (QED) is 0.843. The van der Waals surface area contributed by atoms with Gasteiger partial charge in [0.15, 0.2) is 0 Å². The smallest absolute Gasteiger partial charge is 0.259 e. The van der Waals surface area contributed by atoms with E-state index < -0.39 is 11.8 Å². The first-order valence-electron chi connectivity index (χ1n) is 5.85. The second kappa shape index (κ2) is 7.23. The van der Waals surface area contributed by atoms with Crippen molar-refractivity contribution in [3.8, 4) is 0 Å². The van der Waals surface area contributed by atoms with Gasteiger partial charge < -0.3 is 5.11 Å². The van der Waals surface area contributed by atoms with Crippen molar-refractivity contribution >= 4 is 23.4 Å². The summed E-state index contributed by atoms with van der Waals surface area (Å²) in [6, 6.07) is 6.36. The largest absolute Gasteiger partial charge is 0.395 e. The minimum atomic E-state index is -0.527. The summed E-state index contributed by atoms with van der Waals surface area (Å²) < 4.78 is 0. The molecule has 2 N–H and O–H groups in total. The third-order valence-corrected chi connectivity index (χ3v) is 3.11. The molecule has 5 nitrogen and oxygen atoms in total. The van der Waals surface area contributed by atoms with Crippen LogP contribution < -0.4 is 5.32 Å². The highest BCUT2D eigenvalue weighted by atomic mass is 35.5. The average molecular weight is 285 g/mol. The molecule has 6 heteroatoms. The Morgan fingerprint density at radius 2 is 2.05 bits per heavy atom. The molecule has 1 rings (SSSR count). The van der Waals surface area contributed by atoms with Crippen molar-refractivity contribution in [2.75, 3.05) is 20.2 Å². The van der Waals surface area contributed by atoms with Gasteiger partial charge in [0.1, 0.15) is 0 Å². The van der Waals surface area contributed by atoms with Gasteiger partial charge in [-0.25, -0.2) is 0 Å². The molecule has 2 amide bonds. The number of nitrogens with zero attached hydrogens (tertiary/aromatic N) is 1. The van der Waals surface area contributed by atoms with Gasteiger partial charge in [0, 0.05) is 6.04 Å². The summed E-state index contributed by atoms with van der Waals surface area (Å²) in [7, 11) is 1.69. The van der Waals surface area contributed by atoms with Crippen LogP contribution in [0.5, 0.6) is 0 Å². The molecule has 0 heterocycles. The molecule has 0 aliphatic carbocycles. The van der Waals surface area contributed by atoms with Gasteiger partial charge in [-0.1, -0.05) is 23.7 Å². The number of halogens is 1. The number of carbonyl (C=O) groups excluding carboxylic acids is 2. The Morgan fingerprint density at radius 1 is 1.42 bits per heavy atom. The summed E-state index contributed by atoms with van der Waals surface area (Å²) in [5.41, 5.74) is 0.260. The van der Waals surface area contributed by atoms with Crippen LogP contribution in [0.1, 0.15) is 17.3 Å². The zero-order valence-electron chi connectivity index (χ0n) is 10.9. The first kappa shape index (κ1) is 15.6. The van der Waals surface area contributed by atoms with Crippen molar-refractivity contribution in [1.82, 2.24) is 10.2 Å². The van der Waals surface area contributed by atoms with E-state index in [0.29, 0.717) is 5.02 Å². The molecule has 0 saturated heterocycles. The van der Waals surface area contributed by atoms with E-state index in [1.165, 1.54) is 0 Å². The first-order chi connectivity index (χ1) is 8.95. The minimum absolute atomic E-state index is 0.0257. The lowest BCUT2D eigenvalue weighted by Crippen LogP contribution is -2.42. The first-order valence-corrected chi connectivity index (χ1v) is 6.23. The van der Waals surface area contributed by atoms with Crippen molar-refractivity contribution in [1.29, 1.82) is 0 Å². The molecule has 0 aromatic heterocycles. The Balaban J connectivity index is 2.58. The fourth-order valence-electron chi connectivity index (χ4n) is 1.40. The van der Waals surface area contributed by atoms with Crippen molar-refractivity contribution in [2.24, 2.45) is 0 Å². The molecule has 0 spiro atoms. The molecular weight excluding hydrogens is 268 g/mol. The average Bonchev–Trinajstić information content (AvgIpc) is 2.37. The molecule has 1 atom stereocenters. The molecule has 0 aliphatic heterocycles. The predicted molar refractivity (Wildman–Crippen MR) is 73.1 cm³/mol. The third kappa shape index (κ3) is 4.63. The zero-order valence-corrected chi connectivity index (χ0v) is 11.6. The van der Waals surface area contributed by atoms with Crippen molar-refractivity contribution in [3.05, 3.63) is 34.9 Å². The number of aliphatic hydroxyl groups is 1. The van der Waals surface area contributed by atoms with Gasteiger partial charge in [-0.05, 0) is 26.1 Å². The molecule has 0 saturated carbocycles. The van der Waals surface area contributed by atoms with Crippen molar-refractivity contribution in [3.63, 3.8) is 0 Å². The molecule has 0 fully saturated rings. The Kier molecular flexibility index (Phi) is 5.95. The lowest BCUT2D eigenvalue weighted by Gasteiger charge is -2.21. The number of carbonyl (C=O) groups is 2. The van der Waals surface area contributed by atoms with Gasteiger partial charge in [-0.15, -0.1) is 0 Å². The standard InChI is InChI=1S/C13H17ClN2O3/c1-9(8-17)16(2)7-12(18)15-13(19)10-5-3-4-6-11(10)14/h3-6,9,17H,7-8H2,1-2H3,(H,15,18,19). The highest BCUT2D eigenvalue weighted by Crippen LogP contribution is 2.14. The highest BCUT2D eigenvalue weighted by molar-refractivity contribution is 6.34. The van der Waals surface area contributed by atoms with Gasteiger partial charge >= 0.3 is 0 Å². The summed E-state index contributed by atoms with van der Waals surface area (Å²) in [5, 5.41) is 11.5. The van der Waals surface area contributed by atoms with Crippen LogP contribution in [0.25, 0.3) is 0 Å². The summed E-state index contributed by atoms with van der Waals surface area (Å²) in [6.07, 6.45) is 0. The second-order valence-electron chi connectivity index (χ2n) is 4.30. The fourth-order valence-corrected chi connectivity index (χ4v) is 1.62. The molecule has 0 bridgehead atoms. The Morgan fingerprint density at radius 3 is 2.63 bits per heavy atom. The minimum Gasteiger partial charge on any atom is -0.395 e. The third-order valence-electron chi connectivity index (χ3n) is 2.78. The number of hydrogen-bond acceptors (Lipinski definition) is 4. The van der Waals surface area contributed by atoms with E-state index >= 15 is 0 Å². The van der Waals surface area contributed by atoms with Crippen molar-refractivity contribution in [2.45, 2.75) is 13.0 Å². The number of aliphatic hydroxyl groups excluding tert-OH is 1. The number of benzene rings is 1. The molecule has 1 unspecified atom stereocenters. The van der Waals surface area contributed by atoms with Crippen LogP contribution in [0.4, 0.5) is 0 Å². The Labute approximate surface area is 117 Å². The molecule has 1 aromatic carbocycles. The van der Waals surface area contributed by atoms with Crippen LogP contribution in [0, 0.1) is 0 Å². The summed E-state index contributed by atoms with van der Waals surface area (Å²) >= 11 is 5.87. The molecule has 0 radical (unpaired) electrons. The number of rotatable bonds is 5. The van der Waals surface area contributed by atoms with Crippen LogP contribution in [-0.4, -0.2) is 48.1 Å². The van der Waals surface area contributed by atoms with Crippen LogP contribution in [0.15, 0.2) is 24.3 Å². The SMILES string of the molecule is CC(CO)N(C)CC(=O)NC(=O)c1ccccc1Cl. The number of imide groups is 1. The number of nitrogens with one attached hydrogen (secondary N) is 1. The molecular formula is C13H17ClN2O3. The number of amides is 2. The molecule has 0 aliphatic rings. The highest BCUT2D eigenvalue weighted by Gasteiger charge is 2.16. The van der Waals surface area contributed by atoms with E-state index in [4.69, 9.17) is 16.7 Å². The van der Waals surface area contributed by atoms with Crippen molar-refractivity contribution < 1.29 is 14.7 Å². The topological polar surface area (TPSA) is 69.6 Å². The number of hydrogen-bond donors (Lipinski definition) is 2. The summed E-state index contributed by atoms with van der Waals surface area (Å²) in [5.74, 6) is -0.964. The van der Waals surface area contributed by atoms with Gasteiger partial charge in [0.05, 0.1) is 23.7 Å². The molecule has 104 valence electrons. The lowest BCUT2D eigenvalue weighted by atomic mass is 10.2. The van der Waals surface area contributed by atoms with Crippen LogP contribution in [0.3, 0.4) is 0 Å². The maximum atomic E-state index is 11.8. The summed E-state index contributed by atoms with van der Waals surface area (Å²) in [6.45, 7) is 1.75. The predicted octanol–water partition coefficient (Wildman–Crippen LogP) is 0.909. The van der Waals surface area contributed by atoms with Gasteiger partial charge in [-0.3, -0.25) is 19.8 Å². The maximum Gasteiger partial charge on any atom is 0.259 e. The lowest BCUT2D eigenvalue weighted by molar-refractivity contribution is -0.121. The van der Waals surface area contributed by atoms with Crippen LogP contribution in [0.2, 0.25) is 5.02 Å². The van der Waals surface area contributed by atoms with Crippen LogP contribution in [-0.2, 0) is 4.79 Å². The van der Waals surface area contributed by atoms with E-state index in [1.807, 2.05) is 0 Å². The Hall–Kier alpha value is -1.43. The molecule has 19 heavy (non-hydrogen) atoms. The van der Waals surface area contributed by atoms with Gasteiger partial charge in [-0.2, -0.15) is 0 Å². The van der Waals surface area contributed by atoms with E-state index in [9.17, 15) is 9.59 Å². The fraction of sp³-hybridized carbons (Fsp3) is 0.385. The second-order valence-corrected chi connectivity index (χ2v) is 4.71. The zero-order chi connectivity index (χ0) is 14.4. The van der Waals surface area contributed by atoms with Crippen LogP contribution >= 0.6 is 11.6 Å². The monoisotopic (exact) mass is 284 g/mol. The number of likely N-dealkylation sites (N-methyl/N-ethyl adjacent to an activating group) is 1. The van der Waals surface area contributed by atoms with E-state index in [0.717, 1.165) is 0 Å². The van der Waals surface area contributed by atoms with E-state index in [-0.39, 0.29) is 24.8 Å². The van der Waals surface area contributed by atoms with E-state index in [2.05, 4.69) is 5.32 Å². The Bertz CT molecular complexity index is 465. The van der Waals surface area contributed by atoms with Gasteiger partial charge in [0.25, 0.3) is 5.91 Å². The molecule has 1 aromatic rings. The maximum absolute atomic E-state index is 11.8. The normalized spacial score (nSPS) is 12.3. The van der Waals surface area contributed by atoms with E-state index in [1.54, 1.807) is 43.1 Å². The summed E-state index contributed by atoms with van der Waals surface area (Å²) in [4.78, 5) is 25.1.